The summed E-state index contributed by atoms with van der Waals surface area (Å²) in [4.78, 5) is 13.9. The molecule has 5 N–H and O–H groups in total. The minimum atomic E-state index is -4.60. The maximum Gasteiger partial charge on any atom is 0.409 e. The van der Waals surface area contributed by atoms with Gasteiger partial charge >= 0.3 is 6.18 Å². The Kier molecular flexibility index (Phi) is 6.50. The van der Waals surface area contributed by atoms with Gasteiger partial charge in [-0.15, -0.1) is 0 Å². The Hall–Kier alpha value is -2.71. The van der Waals surface area contributed by atoms with Crippen LogP contribution in [-0.2, 0) is 0 Å². The SMILES string of the molecule is C/C(=C/C(C)(N)C(F)(F)F)N(C)c1ccc(C(=O)Nc2ccccc2Cl)cc1N. The molecule has 0 bridgehead atoms. The van der Waals surface area contributed by atoms with Crippen molar-refractivity contribution >= 4 is 34.6 Å². The molecule has 0 aliphatic rings. The number of nitrogen functional groups attached to an aromatic ring is 1. The standard InChI is InChI=1S/C20H22ClF3N4O/c1-12(11-19(2,26)20(22,23)24)28(3)17-9-8-13(10-15(17)25)18(29)27-16-7-5-4-6-14(16)21/h4-11H,25-26H2,1-3H3,(H,27,29)/b12-11-. The number of alkyl halides is 3. The molecule has 0 radical (unpaired) electrons. The molecule has 0 heterocycles. The average Bonchev–Trinajstić information content (AvgIpc) is 2.61. The van der Waals surface area contributed by atoms with Crippen LogP contribution in [0, 0.1) is 0 Å². The smallest absolute Gasteiger partial charge is 0.397 e. The van der Waals surface area contributed by atoms with Crippen LogP contribution in [0.1, 0.15) is 24.2 Å². The number of halogens is 4. The maximum absolute atomic E-state index is 13.0. The van der Waals surface area contributed by atoms with Crippen LogP contribution in [0.5, 0.6) is 0 Å². The van der Waals surface area contributed by atoms with Gasteiger partial charge < -0.3 is 21.7 Å². The zero-order valence-corrected chi connectivity index (χ0v) is 16.9. The Morgan fingerprint density at radius 1 is 1.21 bits per heavy atom. The van der Waals surface area contributed by atoms with E-state index in [1.54, 1.807) is 37.4 Å². The Balaban J connectivity index is 2.24. The number of para-hydroxylation sites is 1. The molecular formula is C20H22ClF3N4O. The number of nitrogens with two attached hydrogens (primary N) is 2. The maximum atomic E-state index is 13.0. The van der Waals surface area contributed by atoms with Crippen LogP contribution in [0.4, 0.5) is 30.2 Å². The Morgan fingerprint density at radius 2 is 1.83 bits per heavy atom. The fourth-order valence-corrected chi connectivity index (χ4v) is 2.74. The third-order valence-corrected chi connectivity index (χ3v) is 4.75. The van der Waals surface area contributed by atoms with Crippen LogP contribution in [0.3, 0.4) is 0 Å². The van der Waals surface area contributed by atoms with E-state index in [0.29, 0.717) is 16.4 Å². The third-order valence-electron chi connectivity index (χ3n) is 4.42. The van der Waals surface area contributed by atoms with Gasteiger partial charge in [-0.3, -0.25) is 4.79 Å². The Labute approximate surface area is 172 Å². The van der Waals surface area contributed by atoms with Crippen LogP contribution in [-0.4, -0.2) is 24.7 Å². The molecule has 156 valence electrons. The quantitative estimate of drug-likeness (QED) is 0.600. The molecule has 9 heteroatoms. The molecule has 0 spiro atoms. The van der Waals surface area contributed by atoms with Crippen LogP contribution in [0.15, 0.2) is 54.2 Å². The van der Waals surface area contributed by atoms with E-state index in [9.17, 15) is 18.0 Å². The predicted molar refractivity (Wildman–Crippen MR) is 111 cm³/mol. The first kappa shape index (κ1) is 22.6. The summed E-state index contributed by atoms with van der Waals surface area (Å²) in [5.74, 6) is -0.419. The van der Waals surface area contributed by atoms with E-state index in [4.69, 9.17) is 23.1 Å². The molecule has 0 saturated heterocycles. The number of nitrogens with one attached hydrogen (secondary N) is 1. The number of amides is 1. The molecule has 1 atom stereocenters. The van der Waals surface area contributed by atoms with Crippen molar-refractivity contribution in [3.8, 4) is 0 Å². The van der Waals surface area contributed by atoms with E-state index >= 15 is 0 Å². The van der Waals surface area contributed by atoms with Crippen molar-refractivity contribution in [3.05, 3.63) is 64.8 Å². The van der Waals surface area contributed by atoms with Gasteiger partial charge in [-0.1, -0.05) is 23.7 Å². The number of carbonyl (C=O) groups is 1. The first-order valence-electron chi connectivity index (χ1n) is 8.57. The van der Waals surface area contributed by atoms with E-state index in [1.165, 1.54) is 24.0 Å². The Morgan fingerprint density at radius 3 is 2.38 bits per heavy atom. The second-order valence-electron chi connectivity index (χ2n) is 6.83. The summed E-state index contributed by atoms with van der Waals surface area (Å²) in [6.07, 6.45) is -3.67. The number of benzene rings is 2. The predicted octanol–water partition coefficient (Wildman–Crippen LogP) is 4.79. The van der Waals surface area contributed by atoms with Crippen LogP contribution >= 0.6 is 11.6 Å². The summed E-state index contributed by atoms with van der Waals surface area (Å²) in [6.45, 7) is 2.38. The lowest BCUT2D eigenvalue weighted by Gasteiger charge is -2.28. The molecule has 2 aromatic rings. The largest absolute Gasteiger partial charge is 0.409 e. The lowest BCUT2D eigenvalue weighted by molar-refractivity contribution is -0.166. The number of hydrogen-bond acceptors (Lipinski definition) is 4. The van der Waals surface area contributed by atoms with Crippen molar-refractivity contribution in [2.75, 3.05) is 23.0 Å². The fourth-order valence-electron chi connectivity index (χ4n) is 2.56. The van der Waals surface area contributed by atoms with Crippen molar-refractivity contribution in [2.45, 2.75) is 25.6 Å². The Bertz CT molecular complexity index is 942. The normalized spacial score (nSPS) is 14.3. The number of allylic oxidation sites excluding steroid dienone is 1. The monoisotopic (exact) mass is 426 g/mol. The summed E-state index contributed by atoms with van der Waals surface area (Å²) in [6, 6.07) is 11.3. The first-order valence-corrected chi connectivity index (χ1v) is 8.95. The molecule has 29 heavy (non-hydrogen) atoms. The first-order chi connectivity index (χ1) is 13.3. The molecule has 0 aliphatic carbocycles. The summed E-state index contributed by atoms with van der Waals surface area (Å²) >= 11 is 6.03. The van der Waals surface area contributed by atoms with Gasteiger partial charge in [0.2, 0.25) is 0 Å². The van der Waals surface area contributed by atoms with Crippen LogP contribution in [0.25, 0.3) is 0 Å². The number of nitrogens with zero attached hydrogens (tertiary/aromatic N) is 1. The van der Waals surface area contributed by atoms with Gasteiger partial charge in [0, 0.05) is 18.3 Å². The topological polar surface area (TPSA) is 84.4 Å². The van der Waals surface area contributed by atoms with Crippen molar-refractivity contribution in [2.24, 2.45) is 5.73 Å². The molecular weight excluding hydrogens is 405 g/mol. The van der Waals surface area contributed by atoms with Gasteiger partial charge in [-0.2, -0.15) is 13.2 Å². The summed E-state index contributed by atoms with van der Waals surface area (Å²) in [5, 5.41) is 3.07. The zero-order chi connectivity index (χ0) is 22.0. The van der Waals surface area contributed by atoms with E-state index < -0.39 is 17.6 Å². The number of hydrogen-bond donors (Lipinski definition) is 3. The highest BCUT2D eigenvalue weighted by molar-refractivity contribution is 6.33. The van der Waals surface area contributed by atoms with Gasteiger partial charge in [0.05, 0.1) is 22.1 Å². The lowest BCUT2D eigenvalue weighted by Crippen LogP contribution is -2.49. The molecule has 2 aromatic carbocycles. The number of anilines is 3. The second-order valence-corrected chi connectivity index (χ2v) is 7.24. The van der Waals surface area contributed by atoms with Gasteiger partial charge in [0.15, 0.2) is 0 Å². The summed E-state index contributed by atoms with van der Waals surface area (Å²) in [5.41, 5.74) is 10.6. The zero-order valence-electron chi connectivity index (χ0n) is 16.1. The average molecular weight is 427 g/mol. The minimum absolute atomic E-state index is 0.220. The van der Waals surface area contributed by atoms with E-state index in [1.807, 2.05) is 0 Å². The van der Waals surface area contributed by atoms with Gasteiger partial charge in [-0.05, 0) is 50.3 Å². The van der Waals surface area contributed by atoms with Crippen molar-refractivity contribution < 1.29 is 18.0 Å². The molecule has 0 saturated carbocycles. The highest BCUT2D eigenvalue weighted by atomic mass is 35.5. The van der Waals surface area contributed by atoms with Gasteiger partial charge in [0.25, 0.3) is 5.91 Å². The van der Waals surface area contributed by atoms with Crippen LogP contribution < -0.4 is 21.7 Å². The molecule has 0 fully saturated rings. The van der Waals surface area contributed by atoms with Gasteiger partial charge in [0.1, 0.15) is 5.54 Å². The summed E-state index contributed by atoms with van der Waals surface area (Å²) in [7, 11) is 1.56. The lowest BCUT2D eigenvalue weighted by atomic mass is 10.0. The molecule has 1 amide bonds. The molecule has 0 aromatic heterocycles. The van der Waals surface area contributed by atoms with E-state index in [0.717, 1.165) is 13.0 Å². The summed E-state index contributed by atoms with van der Waals surface area (Å²) < 4.78 is 39.1. The van der Waals surface area contributed by atoms with Crippen LogP contribution in [0.2, 0.25) is 5.02 Å². The molecule has 5 nitrogen and oxygen atoms in total. The van der Waals surface area contributed by atoms with Crippen molar-refractivity contribution in [1.29, 1.82) is 0 Å². The van der Waals surface area contributed by atoms with E-state index in [2.05, 4.69) is 5.32 Å². The van der Waals surface area contributed by atoms with Gasteiger partial charge in [-0.25, -0.2) is 0 Å². The highest BCUT2D eigenvalue weighted by Gasteiger charge is 2.46. The molecule has 1 unspecified atom stereocenters. The minimum Gasteiger partial charge on any atom is -0.397 e. The third kappa shape index (κ3) is 5.21. The van der Waals surface area contributed by atoms with Crippen molar-refractivity contribution in [1.82, 2.24) is 0 Å². The molecule has 0 aliphatic heterocycles. The molecule has 2 rings (SSSR count). The number of rotatable bonds is 5. The van der Waals surface area contributed by atoms with Crippen molar-refractivity contribution in [3.63, 3.8) is 0 Å². The second kappa shape index (κ2) is 8.34. The highest BCUT2D eigenvalue weighted by Crippen LogP contribution is 2.32. The number of carbonyl (C=O) groups excluding carboxylic acids is 1. The fraction of sp³-hybridized carbons (Fsp3) is 0.250. The van der Waals surface area contributed by atoms with E-state index in [-0.39, 0.29) is 16.9 Å².